The van der Waals surface area contributed by atoms with Crippen LogP contribution in [0.5, 0.6) is 5.75 Å². The molecule has 0 saturated heterocycles. The first-order chi connectivity index (χ1) is 10.2. The van der Waals surface area contributed by atoms with E-state index in [0.717, 1.165) is 36.5 Å². The number of ether oxygens (including phenoxy) is 1. The number of fused-ring (bicyclic) bond motifs is 1. The Morgan fingerprint density at radius 3 is 3.10 bits per heavy atom. The van der Waals surface area contributed by atoms with Gasteiger partial charge in [0.05, 0.1) is 18.7 Å². The molecule has 0 radical (unpaired) electrons. The van der Waals surface area contributed by atoms with E-state index in [-0.39, 0.29) is 12.3 Å². The topological polar surface area (TPSA) is 64.4 Å². The number of aromatic nitrogens is 1. The molecule has 0 aliphatic carbocycles. The quantitative estimate of drug-likeness (QED) is 0.935. The zero-order valence-electron chi connectivity index (χ0n) is 12.0. The molecular formula is C16H18N2O3. The van der Waals surface area contributed by atoms with Crippen molar-refractivity contribution < 1.29 is 14.1 Å². The van der Waals surface area contributed by atoms with Crippen LogP contribution in [0.15, 0.2) is 28.8 Å². The second-order valence-corrected chi connectivity index (χ2v) is 5.28. The lowest BCUT2D eigenvalue weighted by atomic mass is 10.0. The van der Waals surface area contributed by atoms with Crippen molar-refractivity contribution in [2.24, 2.45) is 0 Å². The third-order valence-corrected chi connectivity index (χ3v) is 3.47. The Morgan fingerprint density at radius 2 is 2.29 bits per heavy atom. The van der Waals surface area contributed by atoms with Crippen LogP contribution in [0.3, 0.4) is 0 Å². The highest BCUT2D eigenvalue weighted by Crippen LogP contribution is 2.25. The van der Waals surface area contributed by atoms with Crippen molar-refractivity contribution in [3.05, 3.63) is 46.8 Å². The third kappa shape index (κ3) is 3.42. The molecule has 0 fully saturated rings. The molecule has 110 valence electrons. The average molecular weight is 286 g/mol. The first-order valence-corrected chi connectivity index (χ1v) is 7.14. The van der Waals surface area contributed by atoms with E-state index in [1.54, 1.807) is 6.07 Å². The Labute approximate surface area is 123 Å². The van der Waals surface area contributed by atoms with Gasteiger partial charge in [-0.1, -0.05) is 17.3 Å². The fourth-order valence-electron chi connectivity index (χ4n) is 2.44. The van der Waals surface area contributed by atoms with Crippen molar-refractivity contribution in [1.82, 2.24) is 10.5 Å². The van der Waals surface area contributed by atoms with Crippen LogP contribution in [0.1, 0.15) is 29.0 Å². The Balaban J connectivity index is 1.56. The number of rotatable bonds is 4. The van der Waals surface area contributed by atoms with Gasteiger partial charge >= 0.3 is 0 Å². The molecule has 5 heteroatoms. The molecule has 21 heavy (non-hydrogen) atoms. The van der Waals surface area contributed by atoms with E-state index < -0.39 is 0 Å². The molecule has 1 N–H and O–H groups in total. The molecule has 2 heterocycles. The van der Waals surface area contributed by atoms with Crippen LogP contribution in [0.25, 0.3) is 0 Å². The zero-order chi connectivity index (χ0) is 14.7. The maximum absolute atomic E-state index is 11.9. The van der Waals surface area contributed by atoms with Crippen LogP contribution in [-0.4, -0.2) is 17.7 Å². The van der Waals surface area contributed by atoms with Gasteiger partial charge in [0.2, 0.25) is 5.91 Å². The van der Waals surface area contributed by atoms with Gasteiger partial charge in [-0.2, -0.15) is 0 Å². The summed E-state index contributed by atoms with van der Waals surface area (Å²) in [7, 11) is 0. The molecule has 5 nitrogen and oxygen atoms in total. The van der Waals surface area contributed by atoms with Crippen molar-refractivity contribution in [3.8, 4) is 5.75 Å². The molecule has 2 aromatic rings. The number of hydrogen-bond acceptors (Lipinski definition) is 4. The average Bonchev–Trinajstić information content (AvgIpc) is 2.90. The summed E-state index contributed by atoms with van der Waals surface area (Å²) in [6.45, 7) is 3.14. The molecule has 1 aliphatic heterocycles. The fraction of sp³-hybridized carbons (Fsp3) is 0.375. The number of benzene rings is 1. The van der Waals surface area contributed by atoms with Crippen molar-refractivity contribution >= 4 is 5.91 Å². The number of nitrogens with zero attached hydrogens (tertiary/aromatic N) is 1. The predicted molar refractivity (Wildman–Crippen MR) is 77.0 cm³/mol. The lowest BCUT2D eigenvalue weighted by molar-refractivity contribution is -0.120. The van der Waals surface area contributed by atoms with E-state index in [9.17, 15) is 4.79 Å². The van der Waals surface area contributed by atoms with Gasteiger partial charge in [-0.05, 0) is 37.0 Å². The largest absolute Gasteiger partial charge is 0.493 e. The second kappa shape index (κ2) is 5.99. The summed E-state index contributed by atoms with van der Waals surface area (Å²) in [6, 6.07) is 7.85. The number of aryl methyl sites for hydroxylation is 2. The summed E-state index contributed by atoms with van der Waals surface area (Å²) >= 11 is 0. The van der Waals surface area contributed by atoms with E-state index >= 15 is 0 Å². The maximum Gasteiger partial charge on any atom is 0.227 e. The molecule has 1 aliphatic rings. The lowest BCUT2D eigenvalue weighted by Gasteiger charge is -2.18. The highest BCUT2D eigenvalue weighted by Gasteiger charge is 2.11. The van der Waals surface area contributed by atoms with E-state index in [4.69, 9.17) is 9.26 Å². The molecule has 0 atom stereocenters. The minimum absolute atomic E-state index is 0.0693. The van der Waals surface area contributed by atoms with Crippen molar-refractivity contribution in [3.63, 3.8) is 0 Å². The molecule has 0 saturated carbocycles. The Morgan fingerprint density at radius 1 is 1.38 bits per heavy atom. The first-order valence-electron chi connectivity index (χ1n) is 7.14. The number of hydrogen-bond donors (Lipinski definition) is 1. The molecule has 0 bridgehead atoms. The standard InChI is InChI=1S/C16H18N2O3/c1-11-7-14(21-18-11)9-16(19)17-10-12-4-5-15-13(8-12)3-2-6-20-15/h4-5,7-8H,2-3,6,9-10H2,1H3,(H,17,19). The molecule has 0 spiro atoms. The van der Waals surface area contributed by atoms with Crippen molar-refractivity contribution in [2.75, 3.05) is 6.61 Å². The Kier molecular flexibility index (Phi) is 3.90. The van der Waals surface area contributed by atoms with Crippen LogP contribution in [-0.2, 0) is 24.2 Å². The summed E-state index contributed by atoms with van der Waals surface area (Å²) in [6.07, 6.45) is 2.30. The van der Waals surface area contributed by atoms with Gasteiger partial charge in [-0.15, -0.1) is 0 Å². The normalized spacial score (nSPS) is 13.4. The lowest BCUT2D eigenvalue weighted by Crippen LogP contribution is -2.24. The smallest absolute Gasteiger partial charge is 0.227 e. The molecule has 0 unspecified atom stereocenters. The Bertz CT molecular complexity index is 649. The second-order valence-electron chi connectivity index (χ2n) is 5.28. The number of nitrogens with one attached hydrogen (secondary N) is 1. The minimum Gasteiger partial charge on any atom is -0.493 e. The minimum atomic E-state index is -0.0693. The van der Waals surface area contributed by atoms with Crippen LogP contribution in [0, 0.1) is 6.92 Å². The molecule has 1 aromatic heterocycles. The highest BCUT2D eigenvalue weighted by molar-refractivity contribution is 5.77. The molecule has 1 amide bonds. The number of carbonyl (C=O) groups excluding carboxylic acids is 1. The monoisotopic (exact) mass is 286 g/mol. The van der Waals surface area contributed by atoms with Gasteiger partial charge in [-0.3, -0.25) is 4.79 Å². The fourth-order valence-corrected chi connectivity index (χ4v) is 2.44. The number of carbonyl (C=O) groups is 1. The molecule has 3 rings (SSSR count). The third-order valence-electron chi connectivity index (χ3n) is 3.47. The molecular weight excluding hydrogens is 268 g/mol. The van der Waals surface area contributed by atoms with Gasteiger partial charge in [-0.25, -0.2) is 0 Å². The Hall–Kier alpha value is -2.30. The number of amides is 1. The summed E-state index contributed by atoms with van der Waals surface area (Å²) in [4.78, 5) is 11.9. The van der Waals surface area contributed by atoms with Crippen LogP contribution in [0.4, 0.5) is 0 Å². The first kappa shape index (κ1) is 13.7. The highest BCUT2D eigenvalue weighted by atomic mass is 16.5. The van der Waals surface area contributed by atoms with Gasteiger partial charge in [0.1, 0.15) is 11.5 Å². The van der Waals surface area contributed by atoms with Gasteiger partial charge in [0.25, 0.3) is 0 Å². The zero-order valence-corrected chi connectivity index (χ0v) is 12.0. The van der Waals surface area contributed by atoms with Crippen molar-refractivity contribution in [2.45, 2.75) is 32.7 Å². The van der Waals surface area contributed by atoms with Crippen LogP contribution in [0.2, 0.25) is 0 Å². The summed E-state index contributed by atoms with van der Waals surface area (Å²) in [5.41, 5.74) is 3.09. The maximum atomic E-state index is 11.9. The van der Waals surface area contributed by atoms with E-state index in [1.165, 1.54) is 5.56 Å². The van der Waals surface area contributed by atoms with E-state index in [1.807, 2.05) is 19.1 Å². The van der Waals surface area contributed by atoms with E-state index in [2.05, 4.69) is 16.5 Å². The predicted octanol–water partition coefficient (Wildman–Crippen LogP) is 2.17. The summed E-state index contributed by atoms with van der Waals surface area (Å²) < 4.78 is 10.6. The van der Waals surface area contributed by atoms with E-state index in [0.29, 0.717) is 12.3 Å². The van der Waals surface area contributed by atoms with Crippen molar-refractivity contribution in [1.29, 1.82) is 0 Å². The summed E-state index contributed by atoms with van der Waals surface area (Å²) in [5.74, 6) is 1.48. The van der Waals surface area contributed by atoms with Crippen LogP contribution >= 0.6 is 0 Å². The van der Waals surface area contributed by atoms with Gasteiger partial charge < -0.3 is 14.6 Å². The van der Waals surface area contributed by atoms with Gasteiger partial charge in [0.15, 0.2) is 0 Å². The van der Waals surface area contributed by atoms with Gasteiger partial charge in [0, 0.05) is 12.6 Å². The van der Waals surface area contributed by atoms with Crippen LogP contribution < -0.4 is 10.1 Å². The molecule has 1 aromatic carbocycles. The summed E-state index contributed by atoms with van der Waals surface area (Å²) in [5, 5.41) is 6.66. The SMILES string of the molecule is Cc1cc(CC(=O)NCc2ccc3c(c2)CCCO3)on1.